The number of carbonyl (C=O) groups is 3. The number of epoxide rings is 1. The molecule has 2 bridgehead atoms. The van der Waals surface area contributed by atoms with Gasteiger partial charge in [0, 0.05) is 26.4 Å². The number of nitrogens with zero attached hydrogens (tertiary/aromatic N) is 2. The first-order chi connectivity index (χ1) is 26.9. The van der Waals surface area contributed by atoms with E-state index in [-0.39, 0.29) is 44.9 Å². The molecule has 11 atom stereocenters. The third-order valence-electron chi connectivity index (χ3n) is 14.3. The van der Waals surface area contributed by atoms with Gasteiger partial charge in [0.2, 0.25) is 11.8 Å². The van der Waals surface area contributed by atoms with Crippen molar-refractivity contribution in [3.05, 3.63) is 76.9 Å². The molecule has 9 rings (SSSR count). The normalized spacial score (nSPS) is 37.7. The van der Waals surface area contributed by atoms with E-state index in [2.05, 4.69) is 56.4 Å². The van der Waals surface area contributed by atoms with Gasteiger partial charge in [-0.15, -0.1) is 0 Å². The molecule has 7 aliphatic rings. The van der Waals surface area contributed by atoms with Gasteiger partial charge in [0.15, 0.2) is 6.04 Å². The average molecular weight is 770 g/mol. The van der Waals surface area contributed by atoms with E-state index in [1.54, 1.807) is 12.1 Å². The number of hydrogen-bond donors (Lipinski definition) is 2. The minimum atomic E-state index is -1.40. The number of carbonyl (C=O) groups excluding carboxylic acids is 3. The molecular formula is C44H55N3O9. The Hall–Kier alpha value is -3.65. The second-order valence-electron chi connectivity index (χ2n) is 18.1. The third-order valence-corrected chi connectivity index (χ3v) is 14.3. The summed E-state index contributed by atoms with van der Waals surface area (Å²) in [5.74, 6) is -0.0925. The molecule has 56 heavy (non-hydrogen) atoms. The maximum atomic E-state index is 15.1. The molecule has 0 aromatic heterocycles. The molecule has 300 valence electrons. The zero-order valence-electron chi connectivity index (χ0n) is 32.9. The first-order valence-electron chi connectivity index (χ1n) is 20.5. The van der Waals surface area contributed by atoms with Crippen molar-refractivity contribution in [2.75, 3.05) is 27.0 Å². The summed E-state index contributed by atoms with van der Waals surface area (Å²) in [4.78, 5) is 51.0. The molecule has 12 heteroatoms. The number of allylic oxidation sites excluding steroid dienone is 1. The Balaban J connectivity index is 0.986. The Bertz CT molecular complexity index is 1870. The molecule has 2 N–H and O–H groups in total. The number of hydroxylamine groups is 2. The van der Waals surface area contributed by atoms with Gasteiger partial charge in [-0.3, -0.25) is 19.2 Å². The number of nitrogens with one attached hydrogen (secondary N) is 1. The molecule has 3 saturated carbocycles. The second-order valence-corrected chi connectivity index (χ2v) is 18.1. The molecule has 4 saturated heterocycles. The van der Waals surface area contributed by atoms with Crippen molar-refractivity contribution in [2.45, 2.75) is 120 Å². The number of benzene rings is 2. The van der Waals surface area contributed by atoms with Crippen molar-refractivity contribution in [3.8, 4) is 0 Å². The van der Waals surface area contributed by atoms with Crippen LogP contribution in [0.1, 0.15) is 76.0 Å². The minimum Gasteiger partial charge on any atom is -0.458 e. The second kappa shape index (κ2) is 14.3. The van der Waals surface area contributed by atoms with E-state index < -0.39 is 59.7 Å². The topological polar surface area (TPSA) is 139 Å². The predicted molar refractivity (Wildman–Crippen MR) is 204 cm³/mol. The van der Waals surface area contributed by atoms with Crippen LogP contribution in [-0.2, 0) is 51.1 Å². The van der Waals surface area contributed by atoms with Crippen LogP contribution in [0.4, 0.5) is 0 Å². The highest BCUT2D eigenvalue weighted by atomic mass is 16.8. The molecule has 4 aliphatic heterocycles. The van der Waals surface area contributed by atoms with Crippen molar-refractivity contribution in [2.24, 2.45) is 22.7 Å². The average Bonchev–Trinajstić information content (AvgIpc) is 3.47. The van der Waals surface area contributed by atoms with Crippen molar-refractivity contribution in [3.63, 3.8) is 0 Å². The van der Waals surface area contributed by atoms with Crippen LogP contribution in [0.5, 0.6) is 0 Å². The van der Waals surface area contributed by atoms with Gasteiger partial charge < -0.3 is 34.3 Å². The van der Waals surface area contributed by atoms with Gasteiger partial charge in [-0.25, -0.2) is 0 Å². The lowest BCUT2D eigenvalue weighted by Crippen LogP contribution is -2.70. The van der Waals surface area contributed by atoms with Gasteiger partial charge in [0.05, 0.1) is 24.9 Å². The largest absolute Gasteiger partial charge is 0.458 e. The van der Waals surface area contributed by atoms with Crippen LogP contribution in [-0.4, -0.2) is 108 Å². The Morgan fingerprint density at radius 1 is 1.02 bits per heavy atom. The van der Waals surface area contributed by atoms with Crippen molar-refractivity contribution in [1.82, 2.24) is 15.3 Å². The first kappa shape index (κ1) is 37.9. The minimum absolute atomic E-state index is 0.00270. The Labute approximate surface area is 328 Å². The predicted octanol–water partition coefficient (Wildman–Crippen LogP) is 4.18. The van der Waals surface area contributed by atoms with Crippen LogP contribution in [0.3, 0.4) is 0 Å². The summed E-state index contributed by atoms with van der Waals surface area (Å²) in [6.45, 7) is 7.14. The van der Waals surface area contributed by atoms with E-state index >= 15 is 4.79 Å². The molecule has 12 nitrogen and oxygen atoms in total. The van der Waals surface area contributed by atoms with E-state index in [4.69, 9.17) is 23.8 Å². The Morgan fingerprint density at radius 2 is 1.79 bits per heavy atom. The zero-order chi connectivity index (χ0) is 39.0. The monoisotopic (exact) mass is 769 g/mol. The van der Waals surface area contributed by atoms with E-state index in [0.717, 1.165) is 36.0 Å². The van der Waals surface area contributed by atoms with Crippen LogP contribution in [0, 0.1) is 22.7 Å². The molecule has 0 spiro atoms. The van der Waals surface area contributed by atoms with E-state index in [1.165, 1.54) is 23.3 Å². The van der Waals surface area contributed by atoms with Gasteiger partial charge in [0.1, 0.15) is 42.7 Å². The maximum absolute atomic E-state index is 15.1. The summed E-state index contributed by atoms with van der Waals surface area (Å²) in [6.07, 6.45) is 6.02. The lowest BCUT2D eigenvalue weighted by Gasteiger charge is -2.53. The van der Waals surface area contributed by atoms with Crippen molar-refractivity contribution < 1.29 is 43.3 Å². The van der Waals surface area contributed by atoms with Gasteiger partial charge in [-0.1, -0.05) is 80.1 Å². The lowest BCUT2D eigenvalue weighted by atomic mass is 9.52. The van der Waals surface area contributed by atoms with Crippen molar-refractivity contribution >= 4 is 23.9 Å². The van der Waals surface area contributed by atoms with Crippen LogP contribution in [0.2, 0.25) is 0 Å². The smallest absolute Gasteiger partial charge is 0.327 e. The molecule has 4 heterocycles. The third kappa shape index (κ3) is 6.41. The molecule has 2 amide bonds. The SMILES string of the molecule is CN(C(=O)C12CC3OC(=O)C1N(Cc1ccc(C=C4CCC5OC5(C)CCC5C4CC5(C)C)cc1)OC2C1OCOC31)C(Cc1ccccc1)C(=O)NCCO. The summed E-state index contributed by atoms with van der Waals surface area (Å²) < 4.78 is 24.2. The molecular weight excluding hydrogens is 714 g/mol. The fourth-order valence-electron chi connectivity index (χ4n) is 11.1. The summed E-state index contributed by atoms with van der Waals surface area (Å²) in [7, 11) is 1.61. The van der Waals surface area contributed by atoms with E-state index in [9.17, 15) is 14.7 Å². The summed E-state index contributed by atoms with van der Waals surface area (Å²) >= 11 is 0. The highest BCUT2D eigenvalue weighted by molar-refractivity contribution is 5.96. The van der Waals surface area contributed by atoms with Crippen LogP contribution >= 0.6 is 0 Å². The Kier molecular flexibility index (Phi) is 9.69. The number of ether oxygens (including phenoxy) is 4. The maximum Gasteiger partial charge on any atom is 0.327 e. The van der Waals surface area contributed by atoms with E-state index in [0.29, 0.717) is 23.4 Å². The molecule has 3 aliphatic carbocycles. The molecule has 0 radical (unpaired) electrons. The molecule has 11 unspecified atom stereocenters. The van der Waals surface area contributed by atoms with Crippen LogP contribution in [0.25, 0.3) is 6.08 Å². The van der Waals surface area contributed by atoms with Crippen molar-refractivity contribution in [1.29, 1.82) is 0 Å². The summed E-state index contributed by atoms with van der Waals surface area (Å²) in [5, 5.41) is 13.8. The molecule has 2 aromatic carbocycles. The highest BCUT2D eigenvalue weighted by Gasteiger charge is 2.75. The molecule has 2 aromatic rings. The zero-order valence-corrected chi connectivity index (χ0v) is 32.9. The fourth-order valence-corrected chi connectivity index (χ4v) is 11.1. The first-order valence-corrected chi connectivity index (χ1v) is 20.5. The number of esters is 1. The number of fused-ring (bicyclic) bond motifs is 6. The number of hydrogen-bond acceptors (Lipinski definition) is 10. The Morgan fingerprint density at radius 3 is 2.54 bits per heavy atom. The highest BCUT2D eigenvalue weighted by Crippen LogP contribution is 2.60. The molecule has 7 fully saturated rings. The van der Waals surface area contributed by atoms with E-state index in [1.807, 2.05) is 30.3 Å². The number of likely N-dealkylation sites (N-methyl/N-ethyl adjacent to an activating group) is 1. The van der Waals surface area contributed by atoms with Crippen LogP contribution < -0.4 is 5.32 Å². The quantitative estimate of drug-likeness (QED) is 0.268. The van der Waals surface area contributed by atoms with Gasteiger partial charge >= 0.3 is 5.97 Å². The number of aliphatic hydroxyl groups excluding tert-OH is 1. The summed E-state index contributed by atoms with van der Waals surface area (Å²) in [6, 6.07) is 15.9. The van der Waals surface area contributed by atoms with Gasteiger partial charge in [0.25, 0.3) is 0 Å². The number of aliphatic hydroxyl groups is 1. The standard InChI is InChI=1S/C44H55N3O9/c1-42(2)22-30-29(14-15-34-43(3,55-34)17-16-31(30)42)20-27-10-12-28(13-11-27)24-47-37-40(50)54-33-23-44(37,38(56-47)36-35(33)52-25-53-36)41(51)46(4)32(39(49)45-18-19-48)21-26-8-6-5-7-9-26/h5-13,20,30-38,48H,14-19,21-25H2,1-4H3,(H,45,49). The number of amides is 2. The van der Waals surface area contributed by atoms with Gasteiger partial charge in [-0.05, 0) is 73.0 Å². The fraction of sp³-hybridized carbons (Fsp3) is 0.614. The van der Waals surface area contributed by atoms with Gasteiger partial charge in [-0.2, -0.15) is 5.06 Å². The number of rotatable bonds is 10. The van der Waals surface area contributed by atoms with Crippen LogP contribution in [0.15, 0.2) is 60.2 Å². The lowest BCUT2D eigenvalue weighted by molar-refractivity contribution is -0.204. The summed E-state index contributed by atoms with van der Waals surface area (Å²) in [5.41, 5.74) is 3.42.